The highest BCUT2D eigenvalue weighted by atomic mass is 32.2. The molecule has 3 aliphatic rings. The molecule has 2 N–H and O–H groups in total. The second-order valence-corrected chi connectivity index (χ2v) is 12.9. The molecular weight excluding hydrogens is 514 g/mol. The Kier molecular flexibility index (Phi) is 7.47. The summed E-state index contributed by atoms with van der Waals surface area (Å²) < 4.78 is 38.8. The SMILES string of the molecule is CC(C)OC(=O)NC1CCC(c2ncc(C3C=C/C(=N/c4ncco4)C=C3NS(=O)(=O)C3CC3)s2)CC1. The van der Waals surface area contributed by atoms with Crippen molar-refractivity contribution in [3.8, 4) is 0 Å². The summed E-state index contributed by atoms with van der Waals surface area (Å²) in [6, 6.07) is 0.317. The molecule has 0 bridgehead atoms. The Morgan fingerprint density at radius 1 is 1.19 bits per heavy atom. The van der Waals surface area contributed by atoms with Gasteiger partial charge >= 0.3 is 12.1 Å². The van der Waals surface area contributed by atoms with Gasteiger partial charge in [-0.3, -0.25) is 4.72 Å². The van der Waals surface area contributed by atoms with Gasteiger partial charge in [0.25, 0.3) is 0 Å². The van der Waals surface area contributed by atoms with Crippen molar-refractivity contribution in [3.63, 3.8) is 0 Å². The number of carbonyl (C=O) groups is 1. The van der Waals surface area contributed by atoms with Crippen LogP contribution in [-0.2, 0) is 14.8 Å². The molecule has 3 aliphatic carbocycles. The molecule has 2 fully saturated rings. The molecule has 2 heterocycles. The summed E-state index contributed by atoms with van der Waals surface area (Å²) in [5.41, 5.74) is 1.10. The minimum absolute atomic E-state index is 0.107. The lowest BCUT2D eigenvalue weighted by Gasteiger charge is -2.28. The number of ether oxygens (including phenoxy) is 1. The van der Waals surface area contributed by atoms with Crippen molar-refractivity contribution < 1.29 is 22.4 Å². The van der Waals surface area contributed by atoms with E-state index in [0.29, 0.717) is 30.2 Å². The van der Waals surface area contributed by atoms with E-state index < -0.39 is 10.0 Å². The lowest BCUT2D eigenvalue weighted by Crippen LogP contribution is -2.38. The maximum absolute atomic E-state index is 12.8. The molecule has 12 heteroatoms. The minimum Gasteiger partial charge on any atom is -0.447 e. The Morgan fingerprint density at radius 3 is 2.65 bits per heavy atom. The molecule has 2 saturated carbocycles. The van der Waals surface area contributed by atoms with Crippen LogP contribution in [-0.4, -0.2) is 47.6 Å². The fraction of sp³-hybridized carbons (Fsp3) is 0.520. The number of hydrogen-bond donors (Lipinski definition) is 2. The maximum atomic E-state index is 12.8. The van der Waals surface area contributed by atoms with E-state index in [4.69, 9.17) is 14.1 Å². The molecule has 198 valence electrons. The van der Waals surface area contributed by atoms with Crippen LogP contribution in [0.25, 0.3) is 0 Å². The van der Waals surface area contributed by atoms with E-state index in [1.165, 1.54) is 12.5 Å². The Balaban J connectivity index is 1.28. The second-order valence-electron chi connectivity index (χ2n) is 9.88. The zero-order chi connectivity index (χ0) is 26.0. The molecular formula is C25H31N5O5S2. The number of rotatable bonds is 8. The lowest BCUT2D eigenvalue weighted by molar-refractivity contribution is 0.109. The van der Waals surface area contributed by atoms with Crippen LogP contribution in [0.5, 0.6) is 0 Å². The summed E-state index contributed by atoms with van der Waals surface area (Å²) in [5, 5.41) is 3.65. The maximum Gasteiger partial charge on any atom is 0.407 e. The number of amides is 1. The average Bonchev–Trinajstić information content (AvgIpc) is 3.40. The number of oxazole rings is 1. The lowest BCUT2D eigenvalue weighted by atomic mass is 9.86. The predicted molar refractivity (Wildman–Crippen MR) is 141 cm³/mol. The first-order valence-electron chi connectivity index (χ1n) is 12.6. The van der Waals surface area contributed by atoms with Crippen LogP contribution in [0.2, 0.25) is 0 Å². The van der Waals surface area contributed by atoms with E-state index in [2.05, 4.69) is 20.0 Å². The van der Waals surface area contributed by atoms with Crippen molar-refractivity contribution in [2.24, 2.45) is 4.99 Å². The number of nitrogens with one attached hydrogen (secondary N) is 2. The summed E-state index contributed by atoms with van der Waals surface area (Å²) in [4.78, 5) is 26.0. The van der Waals surface area contributed by atoms with Crippen LogP contribution >= 0.6 is 11.3 Å². The van der Waals surface area contributed by atoms with Crippen molar-refractivity contribution in [1.29, 1.82) is 0 Å². The van der Waals surface area contributed by atoms with Crippen LogP contribution in [0.15, 0.2) is 52.0 Å². The Labute approximate surface area is 220 Å². The van der Waals surface area contributed by atoms with Crippen molar-refractivity contribution in [1.82, 2.24) is 20.0 Å². The van der Waals surface area contributed by atoms with Gasteiger partial charge in [0.15, 0.2) is 0 Å². The molecule has 1 amide bonds. The number of sulfonamides is 1. The molecule has 0 aromatic carbocycles. The standard InChI is InChI=1S/C25H31N5O5S2/c1-15(2)35-25(31)29-17-5-3-16(4-6-17)23-27-14-22(36-23)20-10-7-18(28-24-26-11-12-34-24)13-21(20)30-37(32,33)19-8-9-19/h7,10-17,19-20,30H,3-6,8-9H2,1-2H3,(H,29,31)/b28-18-. The van der Waals surface area contributed by atoms with E-state index in [1.807, 2.05) is 32.2 Å². The number of allylic oxidation sites excluding steroid dienone is 3. The predicted octanol–water partition coefficient (Wildman–Crippen LogP) is 4.68. The largest absolute Gasteiger partial charge is 0.447 e. The van der Waals surface area contributed by atoms with Crippen LogP contribution < -0.4 is 10.0 Å². The zero-order valence-corrected chi connectivity index (χ0v) is 22.4. The Morgan fingerprint density at radius 2 is 1.97 bits per heavy atom. The molecule has 0 aliphatic heterocycles. The van der Waals surface area contributed by atoms with Gasteiger partial charge in [0.2, 0.25) is 10.0 Å². The molecule has 0 radical (unpaired) electrons. The van der Waals surface area contributed by atoms with E-state index >= 15 is 0 Å². The summed E-state index contributed by atoms with van der Waals surface area (Å²) >= 11 is 1.61. The molecule has 1 unspecified atom stereocenters. The number of nitrogens with zero attached hydrogens (tertiary/aromatic N) is 3. The van der Waals surface area contributed by atoms with Crippen molar-refractivity contribution in [2.45, 2.75) is 81.6 Å². The van der Waals surface area contributed by atoms with E-state index in [-0.39, 0.29) is 35.4 Å². The van der Waals surface area contributed by atoms with Crippen molar-refractivity contribution >= 4 is 39.2 Å². The number of aliphatic imine (C=N–C) groups is 1. The van der Waals surface area contributed by atoms with E-state index in [0.717, 1.165) is 35.6 Å². The number of alkyl carbamates (subject to hydrolysis) is 1. The quantitative estimate of drug-likeness (QED) is 0.491. The molecule has 0 spiro atoms. The van der Waals surface area contributed by atoms with Gasteiger partial charge in [-0.1, -0.05) is 6.08 Å². The molecule has 1 atom stereocenters. The number of carbonyl (C=O) groups excluding carboxylic acids is 1. The highest BCUT2D eigenvalue weighted by Gasteiger charge is 2.37. The molecule has 5 rings (SSSR count). The van der Waals surface area contributed by atoms with Gasteiger partial charge in [0, 0.05) is 28.7 Å². The smallest absolute Gasteiger partial charge is 0.407 e. The third-order valence-electron chi connectivity index (χ3n) is 6.55. The van der Waals surface area contributed by atoms with Crippen LogP contribution in [0.3, 0.4) is 0 Å². The summed E-state index contributed by atoms with van der Waals surface area (Å²) in [5.74, 6) is 0.0373. The summed E-state index contributed by atoms with van der Waals surface area (Å²) in [6.07, 6.45) is 14.7. The molecule has 37 heavy (non-hydrogen) atoms. The van der Waals surface area contributed by atoms with Crippen LogP contribution in [0, 0.1) is 0 Å². The van der Waals surface area contributed by atoms with Crippen LogP contribution in [0.1, 0.15) is 74.1 Å². The van der Waals surface area contributed by atoms with Crippen LogP contribution in [0.4, 0.5) is 10.8 Å². The Hall–Kier alpha value is -2.99. The Bertz CT molecular complexity index is 1300. The number of hydrogen-bond acceptors (Lipinski definition) is 9. The van der Waals surface area contributed by atoms with E-state index in [1.54, 1.807) is 17.4 Å². The van der Waals surface area contributed by atoms with Gasteiger partial charge in [0.05, 0.1) is 34.2 Å². The second kappa shape index (κ2) is 10.8. The molecule has 2 aromatic heterocycles. The van der Waals surface area contributed by atoms with Gasteiger partial charge in [-0.2, -0.15) is 4.99 Å². The van der Waals surface area contributed by atoms with Gasteiger partial charge < -0.3 is 14.5 Å². The molecule has 0 saturated heterocycles. The van der Waals surface area contributed by atoms with Gasteiger partial charge in [-0.25, -0.2) is 23.2 Å². The highest BCUT2D eigenvalue weighted by molar-refractivity contribution is 7.90. The number of aromatic nitrogens is 2. The molecule has 10 nitrogen and oxygen atoms in total. The number of thiazole rings is 1. The first-order chi connectivity index (χ1) is 17.8. The first-order valence-corrected chi connectivity index (χ1v) is 15.0. The van der Waals surface area contributed by atoms with Gasteiger partial charge in [-0.15, -0.1) is 11.3 Å². The monoisotopic (exact) mass is 545 g/mol. The van der Waals surface area contributed by atoms with E-state index in [9.17, 15) is 13.2 Å². The fourth-order valence-electron chi connectivity index (χ4n) is 4.55. The molecule has 2 aromatic rings. The normalized spacial score (nSPS) is 25.2. The summed E-state index contributed by atoms with van der Waals surface area (Å²) in [6.45, 7) is 3.67. The van der Waals surface area contributed by atoms with Gasteiger partial charge in [-0.05, 0) is 64.5 Å². The third kappa shape index (κ3) is 6.48. The zero-order valence-electron chi connectivity index (χ0n) is 20.8. The minimum atomic E-state index is -3.46. The van der Waals surface area contributed by atoms with Gasteiger partial charge in [0.1, 0.15) is 6.26 Å². The third-order valence-corrected chi connectivity index (χ3v) is 9.67. The van der Waals surface area contributed by atoms with Crippen molar-refractivity contribution in [3.05, 3.63) is 52.5 Å². The first kappa shape index (κ1) is 25.7. The topological polar surface area (TPSA) is 136 Å². The summed E-state index contributed by atoms with van der Waals surface area (Å²) in [7, 11) is -3.46. The highest BCUT2D eigenvalue weighted by Crippen LogP contribution is 2.39. The average molecular weight is 546 g/mol. The fourth-order valence-corrected chi connectivity index (χ4v) is 7.17. The van der Waals surface area contributed by atoms with Crippen molar-refractivity contribution in [2.75, 3.05) is 0 Å².